The van der Waals surface area contributed by atoms with Crippen molar-refractivity contribution in [2.75, 3.05) is 19.6 Å². The second-order valence-electron chi connectivity index (χ2n) is 5.02. The van der Waals surface area contributed by atoms with Crippen LogP contribution >= 0.6 is 0 Å². The van der Waals surface area contributed by atoms with E-state index in [4.69, 9.17) is 0 Å². The van der Waals surface area contributed by atoms with E-state index in [0.29, 0.717) is 0 Å². The van der Waals surface area contributed by atoms with Gasteiger partial charge in [0.15, 0.2) is 0 Å². The number of hydrogen-bond acceptors (Lipinski definition) is 2. The van der Waals surface area contributed by atoms with Gasteiger partial charge in [0, 0.05) is 18.6 Å². The quantitative estimate of drug-likeness (QED) is 0.749. The van der Waals surface area contributed by atoms with Crippen LogP contribution in [0, 0.1) is 0 Å². The summed E-state index contributed by atoms with van der Waals surface area (Å²) < 4.78 is 0. The van der Waals surface area contributed by atoms with Gasteiger partial charge in [-0.2, -0.15) is 0 Å². The fourth-order valence-electron chi connectivity index (χ4n) is 2.93. The normalized spacial score (nSPS) is 25.3. The Hall–Kier alpha value is -0.0800. The largest absolute Gasteiger partial charge is 0.315 e. The van der Waals surface area contributed by atoms with Gasteiger partial charge in [-0.25, -0.2) is 0 Å². The van der Waals surface area contributed by atoms with Crippen LogP contribution in [0.2, 0.25) is 0 Å². The average Bonchev–Trinajstić information content (AvgIpc) is 2.55. The first-order valence-electron chi connectivity index (χ1n) is 7.29. The van der Waals surface area contributed by atoms with Crippen molar-refractivity contribution in [1.82, 2.24) is 10.2 Å². The summed E-state index contributed by atoms with van der Waals surface area (Å²) in [5, 5.41) is 3.52. The van der Waals surface area contributed by atoms with Crippen LogP contribution in [0.4, 0.5) is 0 Å². The van der Waals surface area contributed by atoms with E-state index in [1.807, 2.05) is 0 Å². The minimum atomic E-state index is 0.753. The summed E-state index contributed by atoms with van der Waals surface area (Å²) in [6.45, 7) is 10.5. The molecule has 0 amide bonds. The Morgan fingerprint density at radius 3 is 2.62 bits per heavy atom. The fourth-order valence-corrected chi connectivity index (χ4v) is 2.93. The van der Waals surface area contributed by atoms with Gasteiger partial charge in [0.2, 0.25) is 0 Å². The maximum absolute atomic E-state index is 3.52. The molecule has 2 nitrogen and oxygen atoms in total. The third kappa shape index (κ3) is 4.06. The van der Waals surface area contributed by atoms with Crippen LogP contribution in [0.25, 0.3) is 0 Å². The van der Waals surface area contributed by atoms with Gasteiger partial charge in [-0.3, -0.25) is 4.90 Å². The lowest BCUT2D eigenvalue weighted by Gasteiger charge is -2.36. The Balaban J connectivity index is 2.55. The van der Waals surface area contributed by atoms with Gasteiger partial charge < -0.3 is 5.32 Å². The molecule has 1 aliphatic rings. The van der Waals surface area contributed by atoms with Crippen molar-refractivity contribution in [3.63, 3.8) is 0 Å². The average molecular weight is 226 g/mol. The fraction of sp³-hybridized carbons (Fsp3) is 1.00. The van der Waals surface area contributed by atoms with Crippen LogP contribution < -0.4 is 5.32 Å². The molecule has 0 aromatic carbocycles. The zero-order chi connectivity index (χ0) is 11.8. The second kappa shape index (κ2) is 8.08. The summed E-state index contributed by atoms with van der Waals surface area (Å²) >= 11 is 0. The third-order valence-corrected chi connectivity index (χ3v) is 3.96. The van der Waals surface area contributed by atoms with Crippen molar-refractivity contribution in [3.05, 3.63) is 0 Å². The highest BCUT2D eigenvalue weighted by molar-refractivity contribution is 4.81. The highest BCUT2D eigenvalue weighted by Crippen LogP contribution is 2.22. The molecule has 2 heteroatoms. The van der Waals surface area contributed by atoms with Crippen molar-refractivity contribution >= 4 is 0 Å². The lowest BCUT2D eigenvalue weighted by Crippen LogP contribution is -2.47. The molecule has 1 rings (SSSR count). The van der Waals surface area contributed by atoms with Gasteiger partial charge in [-0.05, 0) is 38.8 Å². The molecule has 0 saturated carbocycles. The van der Waals surface area contributed by atoms with Crippen molar-refractivity contribution in [2.24, 2.45) is 0 Å². The molecule has 0 spiro atoms. The number of hydrogen-bond donors (Lipinski definition) is 1. The maximum Gasteiger partial charge on any atom is 0.0220 e. The van der Waals surface area contributed by atoms with E-state index in [0.717, 1.165) is 18.6 Å². The van der Waals surface area contributed by atoms with Gasteiger partial charge in [0.05, 0.1) is 0 Å². The molecule has 2 unspecified atom stereocenters. The minimum absolute atomic E-state index is 0.753. The van der Waals surface area contributed by atoms with Crippen LogP contribution in [0.15, 0.2) is 0 Å². The molecule has 1 aliphatic heterocycles. The van der Waals surface area contributed by atoms with E-state index in [9.17, 15) is 0 Å². The van der Waals surface area contributed by atoms with Crippen LogP contribution in [-0.4, -0.2) is 36.6 Å². The van der Waals surface area contributed by atoms with Gasteiger partial charge in [-0.15, -0.1) is 0 Å². The summed E-state index contributed by atoms with van der Waals surface area (Å²) in [6.07, 6.45) is 8.29. The van der Waals surface area contributed by atoms with Gasteiger partial charge >= 0.3 is 0 Å². The summed E-state index contributed by atoms with van der Waals surface area (Å²) in [7, 11) is 0. The van der Waals surface area contributed by atoms with Crippen LogP contribution in [0.3, 0.4) is 0 Å². The molecule has 0 aromatic heterocycles. The van der Waals surface area contributed by atoms with Gasteiger partial charge in [0.25, 0.3) is 0 Å². The molecule has 1 fully saturated rings. The number of rotatable bonds is 6. The number of likely N-dealkylation sites (N-methyl/N-ethyl adjacent to an activating group) is 1. The first-order chi connectivity index (χ1) is 7.83. The van der Waals surface area contributed by atoms with E-state index >= 15 is 0 Å². The molecular formula is C14H30N2. The zero-order valence-corrected chi connectivity index (χ0v) is 11.5. The van der Waals surface area contributed by atoms with Gasteiger partial charge in [-0.1, -0.05) is 33.6 Å². The summed E-state index contributed by atoms with van der Waals surface area (Å²) in [5.74, 6) is 0. The molecule has 1 saturated heterocycles. The number of likely N-dealkylation sites (tertiary alicyclic amines) is 1. The van der Waals surface area contributed by atoms with Crippen molar-refractivity contribution in [1.29, 1.82) is 0 Å². The molecule has 0 radical (unpaired) electrons. The predicted molar refractivity (Wildman–Crippen MR) is 71.9 cm³/mol. The molecule has 1 N–H and O–H groups in total. The van der Waals surface area contributed by atoms with E-state index in [1.165, 1.54) is 51.6 Å². The van der Waals surface area contributed by atoms with Crippen molar-refractivity contribution < 1.29 is 0 Å². The van der Waals surface area contributed by atoms with Crippen molar-refractivity contribution in [3.8, 4) is 0 Å². The molecule has 96 valence electrons. The molecule has 0 bridgehead atoms. The Bertz CT molecular complexity index is 170. The summed E-state index contributed by atoms with van der Waals surface area (Å²) in [4.78, 5) is 2.79. The smallest absolute Gasteiger partial charge is 0.0220 e. The lowest BCUT2D eigenvalue weighted by molar-refractivity contribution is 0.127. The van der Waals surface area contributed by atoms with E-state index in [2.05, 4.69) is 31.0 Å². The Morgan fingerprint density at radius 2 is 2.00 bits per heavy atom. The zero-order valence-electron chi connectivity index (χ0n) is 11.5. The van der Waals surface area contributed by atoms with Crippen LogP contribution in [-0.2, 0) is 0 Å². The first kappa shape index (κ1) is 14.0. The van der Waals surface area contributed by atoms with Crippen molar-refractivity contribution in [2.45, 2.75) is 71.4 Å². The highest BCUT2D eigenvalue weighted by atomic mass is 15.2. The molecule has 2 atom stereocenters. The standard InChI is InChI=1S/C14H30N2/c1-4-13-10-8-7-9-11-16(13)14(5-2)12-15-6-3/h13-15H,4-12H2,1-3H3. The van der Waals surface area contributed by atoms with E-state index in [-0.39, 0.29) is 0 Å². The SMILES string of the molecule is CCNCC(CC)N1CCCCCC1CC. The third-order valence-electron chi connectivity index (χ3n) is 3.96. The minimum Gasteiger partial charge on any atom is -0.315 e. The second-order valence-corrected chi connectivity index (χ2v) is 5.02. The molecule has 16 heavy (non-hydrogen) atoms. The highest BCUT2D eigenvalue weighted by Gasteiger charge is 2.24. The molecular weight excluding hydrogens is 196 g/mol. The molecule has 0 aliphatic carbocycles. The van der Waals surface area contributed by atoms with E-state index in [1.54, 1.807) is 0 Å². The van der Waals surface area contributed by atoms with Gasteiger partial charge in [0.1, 0.15) is 0 Å². The Kier molecular flexibility index (Phi) is 7.06. The number of nitrogens with one attached hydrogen (secondary N) is 1. The maximum atomic E-state index is 3.52. The Morgan fingerprint density at radius 1 is 1.19 bits per heavy atom. The summed E-state index contributed by atoms with van der Waals surface area (Å²) in [5.41, 5.74) is 0. The summed E-state index contributed by atoms with van der Waals surface area (Å²) in [6, 6.07) is 1.59. The first-order valence-corrected chi connectivity index (χ1v) is 7.29. The Labute approximate surface area is 102 Å². The van der Waals surface area contributed by atoms with Crippen LogP contribution in [0.1, 0.15) is 59.3 Å². The molecule has 0 aromatic rings. The van der Waals surface area contributed by atoms with Crippen LogP contribution in [0.5, 0.6) is 0 Å². The molecule has 1 heterocycles. The monoisotopic (exact) mass is 226 g/mol. The lowest BCUT2D eigenvalue weighted by atomic mass is 10.0. The number of nitrogens with zero attached hydrogens (tertiary/aromatic N) is 1. The topological polar surface area (TPSA) is 15.3 Å². The van der Waals surface area contributed by atoms with E-state index < -0.39 is 0 Å². The predicted octanol–water partition coefficient (Wildman–Crippen LogP) is 3.03.